The second kappa shape index (κ2) is 9.41. The van der Waals surface area contributed by atoms with E-state index in [1.54, 1.807) is 6.07 Å². The van der Waals surface area contributed by atoms with E-state index in [0.29, 0.717) is 31.2 Å². The third kappa shape index (κ3) is 4.44. The molecule has 2 saturated carbocycles. The maximum Gasteiger partial charge on any atom is 0.270 e. The zero-order chi connectivity index (χ0) is 26.4. The van der Waals surface area contributed by atoms with Gasteiger partial charge in [0.25, 0.3) is 17.4 Å². The van der Waals surface area contributed by atoms with Gasteiger partial charge in [0, 0.05) is 26.2 Å². The Bertz CT molecular complexity index is 1480. The van der Waals surface area contributed by atoms with E-state index in [0.717, 1.165) is 18.9 Å². The van der Waals surface area contributed by atoms with Crippen molar-refractivity contribution in [3.8, 4) is 6.07 Å². The van der Waals surface area contributed by atoms with Crippen LogP contribution >= 0.6 is 0 Å². The second-order valence-corrected chi connectivity index (χ2v) is 12.7. The van der Waals surface area contributed by atoms with Gasteiger partial charge in [0.15, 0.2) is 9.84 Å². The lowest BCUT2D eigenvalue weighted by Gasteiger charge is -2.33. The monoisotopic (exact) mass is 526 g/mol. The zero-order valence-corrected chi connectivity index (χ0v) is 21.0. The molecule has 37 heavy (non-hydrogen) atoms. The number of nitrogens with zero attached hydrogens (tertiary/aromatic N) is 3. The molecule has 2 aliphatic carbocycles. The summed E-state index contributed by atoms with van der Waals surface area (Å²) in [6.45, 7) is 0.417. The van der Waals surface area contributed by atoms with Crippen molar-refractivity contribution in [2.75, 3.05) is 13.1 Å². The smallest absolute Gasteiger partial charge is 0.270 e. The van der Waals surface area contributed by atoms with Crippen LogP contribution in [0.25, 0.3) is 0 Å². The first-order valence-corrected chi connectivity index (χ1v) is 13.9. The molecule has 2 amide bonds. The van der Waals surface area contributed by atoms with Crippen molar-refractivity contribution in [3.63, 3.8) is 0 Å². The number of nitriles is 1. The normalized spacial score (nSPS) is 18.8. The number of fused-ring (bicyclic) bond motifs is 1. The van der Waals surface area contributed by atoms with E-state index in [1.165, 1.54) is 33.7 Å². The van der Waals surface area contributed by atoms with Crippen LogP contribution in [0.15, 0.2) is 35.1 Å². The van der Waals surface area contributed by atoms with Crippen LogP contribution in [0.5, 0.6) is 0 Å². The minimum absolute atomic E-state index is 0.0487. The van der Waals surface area contributed by atoms with E-state index in [1.807, 2.05) is 0 Å². The third-order valence-corrected chi connectivity index (χ3v) is 10.9. The molecule has 2 fully saturated rings. The standard InChI is InChI=1S/C26H27FN4O5S/c27-21-13-17(5-6-18(21)14-28)15-29-23(32)20-7-8-22-25(34)30(11-12-31(22)24(20)33)16-26(9-10-26)37(35,36)19-3-1-2-4-19/h5-8,13,19H,1-4,9-12,15-16H2,(H,29,32). The summed E-state index contributed by atoms with van der Waals surface area (Å²) in [6.07, 6.45) is 4.29. The van der Waals surface area contributed by atoms with Crippen molar-refractivity contribution in [2.24, 2.45) is 0 Å². The molecule has 3 aliphatic rings. The highest BCUT2D eigenvalue weighted by Crippen LogP contribution is 2.48. The lowest BCUT2D eigenvalue weighted by atomic mass is 10.1. The van der Waals surface area contributed by atoms with Crippen LogP contribution in [-0.2, 0) is 22.9 Å². The quantitative estimate of drug-likeness (QED) is 0.589. The molecule has 1 aliphatic heterocycles. The predicted molar refractivity (Wildman–Crippen MR) is 132 cm³/mol. The number of amides is 2. The lowest BCUT2D eigenvalue weighted by Crippen LogP contribution is -2.50. The van der Waals surface area contributed by atoms with Gasteiger partial charge in [-0.15, -0.1) is 0 Å². The highest BCUT2D eigenvalue weighted by Gasteiger charge is 2.58. The van der Waals surface area contributed by atoms with Crippen LogP contribution in [0.3, 0.4) is 0 Å². The summed E-state index contributed by atoms with van der Waals surface area (Å²) >= 11 is 0. The molecule has 0 unspecified atom stereocenters. The maximum atomic E-state index is 13.8. The number of carbonyl (C=O) groups is 2. The molecule has 1 N–H and O–H groups in total. The molecule has 5 rings (SSSR count). The molecule has 2 heterocycles. The van der Waals surface area contributed by atoms with Crippen molar-refractivity contribution in [1.82, 2.24) is 14.8 Å². The van der Waals surface area contributed by atoms with Gasteiger partial charge in [-0.2, -0.15) is 5.26 Å². The van der Waals surface area contributed by atoms with Gasteiger partial charge in [-0.25, -0.2) is 12.8 Å². The highest BCUT2D eigenvalue weighted by molar-refractivity contribution is 7.93. The number of hydrogen-bond acceptors (Lipinski definition) is 6. The zero-order valence-electron chi connectivity index (χ0n) is 20.2. The predicted octanol–water partition coefficient (Wildman–Crippen LogP) is 2.13. The first kappa shape index (κ1) is 25.1. The molecule has 1 aromatic heterocycles. The minimum atomic E-state index is -3.34. The summed E-state index contributed by atoms with van der Waals surface area (Å²) in [5.74, 6) is -1.79. The molecule has 0 saturated heterocycles. The SMILES string of the molecule is N#Cc1ccc(CNC(=O)c2ccc3n(c2=O)CCN(CC2(S(=O)(=O)C4CCCC4)CC2)C3=O)cc1F. The van der Waals surface area contributed by atoms with Gasteiger partial charge in [-0.3, -0.25) is 14.4 Å². The first-order valence-electron chi connectivity index (χ1n) is 12.4. The Morgan fingerprint density at radius 1 is 1.14 bits per heavy atom. The topological polar surface area (TPSA) is 129 Å². The van der Waals surface area contributed by atoms with Gasteiger partial charge >= 0.3 is 0 Å². The van der Waals surface area contributed by atoms with E-state index < -0.39 is 37.8 Å². The Labute approximate surface area is 213 Å². The molecule has 0 radical (unpaired) electrons. The number of pyridine rings is 1. The number of hydrogen-bond donors (Lipinski definition) is 1. The van der Waals surface area contributed by atoms with Gasteiger partial charge in [0.2, 0.25) is 0 Å². The summed E-state index contributed by atoms with van der Waals surface area (Å²) in [5, 5.41) is 11.1. The molecule has 0 atom stereocenters. The van der Waals surface area contributed by atoms with Crippen LogP contribution in [0.2, 0.25) is 0 Å². The number of benzene rings is 1. The maximum absolute atomic E-state index is 13.8. The first-order chi connectivity index (χ1) is 17.7. The summed E-state index contributed by atoms with van der Waals surface area (Å²) in [7, 11) is -3.34. The summed E-state index contributed by atoms with van der Waals surface area (Å²) in [5.41, 5.74) is -0.327. The average Bonchev–Trinajstić information content (AvgIpc) is 3.46. The van der Waals surface area contributed by atoms with Gasteiger partial charge in [0.1, 0.15) is 23.1 Å². The largest absolute Gasteiger partial charge is 0.348 e. The highest BCUT2D eigenvalue weighted by atomic mass is 32.2. The van der Waals surface area contributed by atoms with Crippen LogP contribution in [0, 0.1) is 17.1 Å². The Kier molecular flexibility index (Phi) is 6.40. The number of carbonyl (C=O) groups excluding carboxylic acids is 2. The van der Waals surface area contributed by atoms with Crippen molar-refractivity contribution in [3.05, 3.63) is 68.9 Å². The number of sulfone groups is 1. The van der Waals surface area contributed by atoms with Gasteiger partial charge in [0.05, 0.1) is 15.6 Å². The van der Waals surface area contributed by atoms with Gasteiger partial charge in [-0.05, 0) is 55.5 Å². The number of halogens is 1. The molecule has 194 valence electrons. The molecule has 0 spiro atoms. The number of aromatic nitrogens is 1. The van der Waals surface area contributed by atoms with Crippen molar-refractivity contribution >= 4 is 21.7 Å². The Balaban J connectivity index is 1.29. The second-order valence-electron chi connectivity index (χ2n) is 10.1. The van der Waals surface area contributed by atoms with E-state index in [9.17, 15) is 27.2 Å². The fourth-order valence-electron chi connectivity index (χ4n) is 5.40. The summed E-state index contributed by atoms with van der Waals surface area (Å²) in [6, 6.07) is 8.39. The molecular weight excluding hydrogens is 499 g/mol. The molecule has 0 bridgehead atoms. The summed E-state index contributed by atoms with van der Waals surface area (Å²) < 4.78 is 40.7. The van der Waals surface area contributed by atoms with E-state index >= 15 is 0 Å². The lowest BCUT2D eigenvalue weighted by molar-refractivity contribution is 0.0694. The summed E-state index contributed by atoms with van der Waals surface area (Å²) in [4.78, 5) is 40.4. The van der Waals surface area contributed by atoms with E-state index in [4.69, 9.17) is 5.26 Å². The van der Waals surface area contributed by atoms with Gasteiger partial charge < -0.3 is 14.8 Å². The molecule has 9 nitrogen and oxygen atoms in total. The van der Waals surface area contributed by atoms with E-state index in [-0.39, 0.29) is 48.2 Å². The molecule has 2 aromatic rings. The van der Waals surface area contributed by atoms with Crippen LogP contribution in [-0.4, -0.2) is 52.8 Å². The third-order valence-electron chi connectivity index (χ3n) is 7.76. The van der Waals surface area contributed by atoms with Crippen LogP contribution < -0.4 is 10.9 Å². The van der Waals surface area contributed by atoms with E-state index in [2.05, 4.69) is 5.32 Å². The molecular formula is C26H27FN4O5S. The van der Waals surface area contributed by atoms with Crippen LogP contribution in [0.1, 0.15) is 70.5 Å². The fourth-order valence-corrected chi connectivity index (χ4v) is 8.07. The van der Waals surface area contributed by atoms with Gasteiger partial charge in [-0.1, -0.05) is 18.9 Å². The Morgan fingerprint density at radius 3 is 2.51 bits per heavy atom. The molecule has 1 aromatic carbocycles. The molecule has 11 heteroatoms. The Morgan fingerprint density at radius 2 is 1.86 bits per heavy atom. The van der Waals surface area contributed by atoms with Crippen molar-refractivity contribution < 1.29 is 22.4 Å². The van der Waals surface area contributed by atoms with Crippen LogP contribution in [0.4, 0.5) is 4.39 Å². The van der Waals surface area contributed by atoms with Crippen molar-refractivity contribution in [1.29, 1.82) is 5.26 Å². The Hall–Kier alpha value is -3.52. The number of nitrogens with one attached hydrogen (secondary N) is 1. The number of rotatable bonds is 7. The average molecular weight is 527 g/mol. The fraction of sp³-hybridized carbons (Fsp3) is 0.462. The van der Waals surface area contributed by atoms with Crippen molar-refractivity contribution in [2.45, 2.75) is 61.6 Å². The minimum Gasteiger partial charge on any atom is -0.348 e.